The van der Waals surface area contributed by atoms with Gasteiger partial charge in [0.2, 0.25) is 6.71 Å². The Hall–Kier alpha value is -10.6. The average molecular weight is 1130 g/mol. The molecule has 1 saturated heterocycles. The number of para-hydroxylation sites is 6. The molecule has 4 heterocycles. The molecule has 0 bridgehead atoms. The van der Waals surface area contributed by atoms with Crippen LogP contribution in [0.15, 0.2) is 344 Å². The van der Waals surface area contributed by atoms with Crippen molar-refractivity contribution >= 4 is 97.8 Å². The molecule has 88 heavy (non-hydrogen) atoms. The van der Waals surface area contributed by atoms with Crippen LogP contribution in [-0.4, -0.2) is 20.0 Å². The fourth-order valence-electron chi connectivity index (χ4n) is 14.6. The summed E-state index contributed by atoms with van der Waals surface area (Å²) in [5.74, 6) is 0.0625. The van der Waals surface area contributed by atoms with Gasteiger partial charge in [0.15, 0.2) is 0 Å². The number of allylic oxidation sites excluding steroid dienone is 15. The van der Waals surface area contributed by atoms with Crippen molar-refractivity contribution < 1.29 is 0 Å². The Morgan fingerprint density at radius 2 is 1.22 bits per heavy atom. The Morgan fingerprint density at radius 3 is 1.84 bits per heavy atom. The molecule has 0 N–H and O–H groups in total. The van der Waals surface area contributed by atoms with Gasteiger partial charge in [0.1, 0.15) is 0 Å². The van der Waals surface area contributed by atoms with Crippen LogP contribution >= 0.6 is 0 Å². The van der Waals surface area contributed by atoms with Crippen LogP contribution in [0.2, 0.25) is 11.6 Å². The van der Waals surface area contributed by atoms with Crippen LogP contribution in [0.1, 0.15) is 33.1 Å². The molecule has 422 valence electrons. The molecule has 0 aromatic heterocycles. The summed E-state index contributed by atoms with van der Waals surface area (Å²) in [6.45, 7) is 9.29. The van der Waals surface area contributed by atoms with Crippen LogP contribution in [0, 0.1) is 0 Å². The van der Waals surface area contributed by atoms with Gasteiger partial charge in [-0.25, -0.2) is 0 Å². The van der Waals surface area contributed by atoms with E-state index in [0.29, 0.717) is 6.54 Å². The van der Waals surface area contributed by atoms with E-state index in [1.54, 1.807) is 0 Å². The molecular weight excluding hydrogens is 1070 g/mol. The number of nitrogens with zero attached hydrogens (tertiary/aromatic N) is 6. The van der Waals surface area contributed by atoms with E-state index in [4.69, 9.17) is 0 Å². The SMILES string of the molecule is C=C/C(=C\C=C/C)N(c1ccccc1)c1cc2c3c(c1)N(c1ccccc1)c1cc4c(cc1B3c1ccccc1N2c1ccccc1)B1C2C=CCC=C2N(c2ccccc2)/C(=C/C(=C\C)N(C2=CCCC=C2)c2ccccc2)C1CN4C1=C=C=CC=C1. The average Bonchev–Trinajstić information content (AvgIpc) is 0.715. The van der Waals surface area contributed by atoms with Crippen molar-refractivity contribution in [1.82, 2.24) is 0 Å². The zero-order chi connectivity index (χ0) is 59.1. The zero-order valence-corrected chi connectivity index (χ0v) is 49.7. The molecule has 0 radical (unpaired) electrons. The molecule has 15 rings (SSSR count). The first kappa shape index (κ1) is 54.1. The molecule has 7 aliphatic rings. The number of rotatable bonds is 13. The first-order valence-electron chi connectivity index (χ1n) is 31.0. The Balaban J connectivity index is 1.02. The maximum Gasteiger partial charge on any atom is 0.252 e. The summed E-state index contributed by atoms with van der Waals surface area (Å²) in [5, 5.41) is 0. The van der Waals surface area contributed by atoms with Crippen LogP contribution in [0.4, 0.5) is 62.6 Å². The van der Waals surface area contributed by atoms with Gasteiger partial charge in [0.05, 0.1) is 11.4 Å². The highest BCUT2D eigenvalue weighted by Gasteiger charge is 2.53. The van der Waals surface area contributed by atoms with E-state index in [1.165, 1.54) is 44.6 Å². The molecule has 8 aromatic rings. The van der Waals surface area contributed by atoms with Gasteiger partial charge in [0, 0.05) is 104 Å². The van der Waals surface area contributed by atoms with Gasteiger partial charge in [-0.05, 0) is 177 Å². The maximum absolute atomic E-state index is 4.44. The van der Waals surface area contributed by atoms with Crippen LogP contribution < -0.4 is 51.3 Å². The van der Waals surface area contributed by atoms with E-state index in [1.807, 2.05) is 12.2 Å². The van der Waals surface area contributed by atoms with Crippen molar-refractivity contribution in [3.05, 3.63) is 344 Å². The predicted molar refractivity (Wildman–Crippen MR) is 375 cm³/mol. The number of hydrogen-bond acceptors (Lipinski definition) is 6. The third-order valence-electron chi connectivity index (χ3n) is 18.3. The smallest absolute Gasteiger partial charge is 0.252 e. The summed E-state index contributed by atoms with van der Waals surface area (Å²) in [6.07, 6.45) is 36.8. The van der Waals surface area contributed by atoms with Gasteiger partial charge in [-0.3, -0.25) is 0 Å². The van der Waals surface area contributed by atoms with Crippen molar-refractivity contribution in [2.75, 3.05) is 35.9 Å². The third-order valence-corrected chi connectivity index (χ3v) is 18.3. The Bertz CT molecular complexity index is 4440. The topological polar surface area (TPSA) is 19.4 Å². The van der Waals surface area contributed by atoms with E-state index < -0.39 is 0 Å². The zero-order valence-electron chi connectivity index (χ0n) is 49.7. The van der Waals surface area contributed by atoms with E-state index in [-0.39, 0.29) is 25.1 Å². The van der Waals surface area contributed by atoms with Gasteiger partial charge in [0.25, 0.3) is 6.71 Å². The summed E-state index contributed by atoms with van der Waals surface area (Å²) >= 11 is 0. The Kier molecular flexibility index (Phi) is 14.3. The molecular formula is C80H66B2N6. The van der Waals surface area contributed by atoms with Crippen molar-refractivity contribution in [1.29, 1.82) is 0 Å². The van der Waals surface area contributed by atoms with E-state index >= 15 is 0 Å². The molecule has 1 fully saturated rings. The first-order valence-corrected chi connectivity index (χ1v) is 31.0. The van der Waals surface area contributed by atoms with Gasteiger partial charge in [-0.15, -0.1) is 0 Å². The number of fused-ring (bicyclic) bond motifs is 9. The maximum atomic E-state index is 4.44. The summed E-state index contributed by atoms with van der Waals surface area (Å²) in [6, 6.07) is 73.9. The first-order chi connectivity index (χ1) is 43.6. The number of anilines is 11. The molecule has 2 unspecified atom stereocenters. The molecule has 4 aliphatic heterocycles. The van der Waals surface area contributed by atoms with Crippen LogP contribution in [-0.2, 0) is 0 Å². The minimum absolute atomic E-state index is 0.00205. The summed E-state index contributed by atoms with van der Waals surface area (Å²) in [7, 11) is 0. The molecule has 8 aromatic carbocycles. The fraction of sp³-hybridized carbons (Fsp3) is 0.100. The lowest BCUT2D eigenvalue weighted by Crippen LogP contribution is -2.63. The summed E-state index contributed by atoms with van der Waals surface area (Å²) in [5.41, 5.74) is 31.3. The largest absolute Gasteiger partial charge is 0.335 e. The monoisotopic (exact) mass is 1130 g/mol. The quantitative estimate of drug-likeness (QED) is 0.0492. The van der Waals surface area contributed by atoms with Gasteiger partial charge < -0.3 is 29.4 Å². The molecule has 6 nitrogen and oxygen atoms in total. The van der Waals surface area contributed by atoms with E-state index in [9.17, 15) is 0 Å². The predicted octanol–water partition coefficient (Wildman–Crippen LogP) is 17.5. The van der Waals surface area contributed by atoms with Crippen LogP contribution in [0.5, 0.6) is 0 Å². The molecule has 0 saturated carbocycles. The summed E-state index contributed by atoms with van der Waals surface area (Å²) < 4.78 is 0. The third kappa shape index (κ3) is 9.34. The lowest BCUT2D eigenvalue weighted by Gasteiger charge is -2.53. The standard InChI is InChI=1S/C80H66B2N6/c1-4-7-33-58(5-2)84(61-36-17-9-18-37-61)67-53-78-80-79(54-67)88(66-46-27-14-28-47-66)77-56-75-70(55-71(77)82(80)69-49-30-32-51-74(69)87(78)65-44-25-13-26-45-65)81-68-48-29-31-50-73(68)86(64-42-23-12-24-43-64)76(72(81)57-83(75)60-34-15-8-16-35-60)52-59(6-3)85(62-38-19-10-20-39-62)63-40-21-11-22-41-63/h4-10,12-15,17-21,23-30,32-34,36-56,68,72H,2,11,22,31,57H2,1,3H3/b7-4-,58-33+,59-6+,76-52+. The van der Waals surface area contributed by atoms with E-state index in [0.717, 1.165) is 93.2 Å². The second kappa shape index (κ2) is 23.3. The lowest BCUT2D eigenvalue weighted by molar-refractivity contribution is 0.768. The Labute approximate surface area is 519 Å². The second-order valence-electron chi connectivity index (χ2n) is 23.2. The number of benzene rings is 8. The van der Waals surface area contributed by atoms with Gasteiger partial charge in [-0.2, -0.15) is 0 Å². The van der Waals surface area contributed by atoms with Crippen molar-refractivity contribution in [2.45, 2.75) is 44.7 Å². The van der Waals surface area contributed by atoms with Crippen molar-refractivity contribution in [3.63, 3.8) is 0 Å². The highest BCUT2D eigenvalue weighted by molar-refractivity contribution is 7.00. The fourth-order valence-corrected chi connectivity index (χ4v) is 14.6. The number of hydrogen-bond donors (Lipinski definition) is 0. The highest BCUT2D eigenvalue weighted by atomic mass is 15.2. The van der Waals surface area contributed by atoms with Crippen LogP contribution in [0.25, 0.3) is 0 Å². The molecule has 2 atom stereocenters. The molecule has 0 spiro atoms. The lowest BCUT2D eigenvalue weighted by atomic mass is 9.25. The van der Waals surface area contributed by atoms with Crippen molar-refractivity contribution in [3.8, 4) is 0 Å². The molecule has 3 aliphatic carbocycles. The van der Waals surface area contributed by atoms with Crippen LogP contribution in [0.3, 0.4) is 0 Å². The van der Waals surface area contributed by atoms with E-state index in [2.05, 4.69) is 340 Å². The Morgan fingerprint density at radius 1 is 0.580 bits per heavy atom. The minimum Gasteiger partial charge on any atom is -0.335 e. The van der Waals surface area contributed by atoms with Gasteiger partial charge >= 0.3 is 0 Å². The molecule has 8 heteroatoms. The highest BCUT2D eigenvalue weighted by Crippen LogP contribution is 2.54. The summed E-state index contributed by atoms with van der Waals surface area (Å²) in [4.78, 5) is 15.1. The normalized spacial score (nSPS) is 18.2. The molecule has 0 amide bonds. The van der Waals surface area contributed by atoms with Gasteiger partial charge in [-0.1, -0.05) is 188 Å². The minimum atomic E-state index is -0.147. The second-order valence-corrected chi connectivity index (χ2v) is 23.2. The van der Waals surface area contributed by atoms with Crippen molar-refractivity contribution in [2.24, 2.45) is 0 Å².